The van der Waals surface area contributed by atoms with E-state index in [1.165, 1.54) is 39.7 Å². The Hall–Kier alpha value is -4.80. The van der Waals surface area contributed by atoms with Crippen LogP contribution in [0.2, 0.25) is 5.02 Å². The number of nitrogens with one attached hydrogen (secondary N) is 2. The van der Waals surface area contributed by atoms with Crippen molar-refractivity contribution in [2.75, 3.05) is 21.3 Å². The highest BCUT2D eigenvalue weighted by atomic mass is 79.9. The number of H-pyrrole nitrogens is 1. The number of nitrogens with zero attached hydrogens (tertiary/aromatic N) is 1. The molecule has 0 bridgehead atoms. The van der Waals surface area contributed by atoms with E-state index in [1.807, 2.05) is 36.4 Å². The normalized spacial score (nSPS) is 11.0. The summed E-state index contributed by atoms with van der Waals surface area (Å²) in [5.41, 5.74) is 5.59. The molecule has 0 radical (unpaired) electrons. The summed E-state index contributed by atoms with van der Waals surface area (Å²) >= 11 is 10.1. The fourth-order valence-corrected chi connectivity index (χ4v) is 5.25. The molecule has 0 saturated heterocycles. The Morgan fingerprint density at radius 1 is 0.884 bits per heavy atom. The quantitative estimate of drug-likeness (QED) is 0.0744. The van der Waals surface area contributed by atoms with Crippen molar-refractivity contribution in [2.45, 2.75) is 0 Å². The predicted octanol–water partition coefficient (Wildman–Crippen LogP) is 7.26. The third kappa shape index (κ3) is 6.06. The number of methoxy groups -OCH3 is 3. The molecule has 0 fully saturated rings. The molecule has 0 aliphatic carbocycles. The Kier molecular flexibility index (Phi) is 8.98. The van der Waals surface area contributed by atoms with Crippen molar-refractivity contribution in [3.05, 3.63) is 105 Å². The molecule has 0 spiro atoms. The first-order valence-corrected chi connectivity index (χ1v) is 14.0. The standard InChI is InChI=1S/C32H25BrClN3O6/c1-40-25-15-19(16-26(41-2)30(25)42-3)32(39)43-24-14-7-4-9-18(24)17-35-37-31(38)29-27(20-10-5-6-13-23(20)34)21-11-8-12-22(33)28(21)36-29/h4-17,36H,1-3H3,(H,37,38). The fraction of sp³-hybridized carbons (Fsp3) is 0.0938. The minimum atomic E-state index is -0.655. The van der Waals surface area contributed by atoms with Crippen molar-refractivity contribution in [1.82, 2.24) is 10.4 Å². The van der Waals surface area contributed by atoms with Crippen LogP contribution in [-0.4, -0.2) is 44.4 Å². The van der Waals surface area contributed by atoms with Gasteiger partial charge >= 0.3 is 5.97 Å². The number of para-hydroxylation sites is 2. The fourth-order valence-electron chi connectivity index (χ4n) is 4.55. The van der Waals surface area contributed by atoms with E-state index in [4.69, 9.17) is 30.5 Å². The van der Waals surface area contributed by atoms with Crippen LogP contribution in [0.5, 0.6) is 23.0 Å². The predicted molar refractivity (Wildman–Crippen MR) is 169 cm³/mol. The summed E-state index contributed by atoms with van der Waals surface area (Å²) in [5, 5.41) is 5.47. The topological polar surface area (TPSA) is 111 Å². The Balaban J connectivity index is 1.40. The number of benzene rings is 4. The SMILES string of the molecule is COc1cc(C(=O)Oc2ccccc2C=NNC(=O)c2[nH]c3c(Br)cccc3c2-c2ccccc2Cl)cc(OC)c1OC. The van der Waals surface area contributed by atoms with E-state index >= 15 is 0 Å². The number of hydrazone groups is 1. The zero-order valence-electron chi connectivity index (χ0n) is 23.2. The maximum Gasteiger partial charge on any atom is 0.343 e. The van der Waals surface area contributed by atoms with Crippen molar-refractivity contribution in [3.8, 4) is 34.1 Å². The Morgan fingerprint density at radius 3 is 2.28 bits per heavy atom. The molecule has 1 heterocycles. The van der Waals surface area contributed by atoms with Crippen LogP contribution < -0.4 is 24.4 Å². The highest BCUT2D eigenvalue weighted by Gasteiger charge is 2.22. The molecule has 0 saturated carbocycles. The lowest BCUT2D eigenvalue weighted by atomic mass is 10.0. The summed E-state index contributed by atoms with van der Waals surface area (Å²) in [6.45, 7) is 0. The van der Waals surface area contributed by atoms with Crippen molar-refractivity contribution >= 4 is 56.5 Å². The first-order valence-electron chi connectivity index (χ1n) is 12.9. The third-order valence-corrected chi connectivity index (χ3v) is 7.54. The molecule has 9 nitrogen and oxygen atoms in total. The molecule has 5 rings (SSSR count). The van der Waals surface area contributed by atoms with Crippen molar-refractivity contribution in [2.24, 2.45) is 5.10 Å². The number of halogens is 2. The molecule has 11 heteroatoms. The van der Waals surface area contributed by atoms with Gasteiger partial charge in [-0.3, -0.25) is 4.79 Å². The van der Waals surface area contributed by atoms with E-state index in [-0.39, 0.29) is 17.0 Å². The average molecular weight is 663 g/mol. The molecule has 218 valence electrons. The summed E-state index contributed by atoms with van der Waals surface area (Å²) in [7, 11) is 4.39. The lowest BCUT2D eigenvalue weighted by molar-refractivity contribution is 0.0733. The summed E-state index contributed by atoms with van der Waals surface area (Å²) in [6, 6.07) is 22.7. The Bertz CT molecular complexity index is 1840. The number of rotatable bonds is 9. The molecule has 0 aliphatic heterocycles. The van der Waals surface area contributed by atoms with Gasteiger partial charge in [0.2, 0.25) is 5.75 Å². The number of aromatic amines is 1. The van der Waals surface area contributed by atoms with Gasteiger partial charge in [-0.15, -0.1) is 0 Å². The van der Waals surface area contributed by atoms with Crippen LogP contribution in [0.1, 0.15) is 26.4 Å². The molecule has 0 aliphatic rings. The number of hydrogen-bond donors (Lipinski definition) is 2. The van der Waals surface area contributed by atoms with Gasteiger partial charge in [-0.25, -0.2) is 10.2 Å². The lowest BCUT2D eigenvalue weighted by Gasteiger charge is -2.14. The second-order valence-electron chi connectivity index (χ2n) is 9.06. The first-order chi connectivity index (χ1) is 20.9. The van der Waals surface area contributed by atoms with Gasteiger partial charge in [-0.05, 0) is 52.3 Å². The molecule has 4 aromatic carbocycles. The number of fused-ring (bicyclic) bond motifs is 1. The zero-order valence-corrected chi connectivity index (χ0v) is 25.6. The summed E-state index contributed by atoms with van der Waals surface area (Å²) in [4.78, 5) is 29.7. The third-order valence-electron chi connectivity index (χ3n) is 6.55. The Labute approximate surface area is 260 Å². The van der Waals surface area contributed by atoms with Crippen molar-refractivity contribution in [1.29, 1.82) is 0 Å². The summed E-state index contributed by atoms with van der Waals surface area (Å²) < 4.78 is 22.5. The van der Waals surface area contributed by atoms with E-state index < -0.39 is 11.9 Å². The number of hydrogen-bond acceptors (Lipinski definition) is 7. The van der Waals surface area contributed by atoms with Gasteiger partial charge in [0.1, 0.15) is 11.4 Å². The maximum absolute atomic E-state index is 13.4. The minimum Gasteiger partial charge on any atom is -0.493 e. The molecule has 5 aromatic rings. The van der Waals surface area contributed by atoms with Crippen LogP contribution in [0.15, 0.2) is 88.4 Å². The van der Waals surface area contributed by atoms with Gasteiger partial charge in [-0.2, -0.15) is 5.10 Å². The second-order valence-corrected chi connectivity index (χ2v) is 10.3. The highest BCUT2D eigenvalue weighted by molar-refractivity contribution is 9.10. The monoisotopic (exact) mass is 661 g/mol. The minimum absolute atomic E-state index is 0.187. The molecule has 43 heavy (non-hydrogen) atoms. The second kappa shape index (κ2) is 13.0. The molecule has 0 unspecified atom stereocenters. The highest BCUT2D eigenvalue weighted by Crippen LogP contribution is 2.40. The van der Waals surface area contributed by atoms with Gasteiger partial charge < -0.3 is 23.9 Å². The molecular formula is C32H25BrClN3O6. The van der Waals surface area contributed by atoms with Gasteiger partial charge in [-0.1, -0.05) is 54.1 Å². The van der Waals surface area contributed by atoms with E-state index in [2.05, 4.69) is 31.4 Å². The summed E-state index contributed by atoms with van der Waals surface area (Å²) in [6.07, 6.45) is 1.39. The van der Waals surface area contributed by atoms with Crippen molar-refractivity contribution < 1.29 is 28.5 Å². The lowest BCUT2D eigenvalue weighted by Crippen LogP contribution is -2.19. The number of amides is 1. The number of carbonyl (C=O) groups excluding carboxylic acids is 2. The molecule has 1 aromatic heterocycles. The van der Waals surface area contributed by atoms with E-state index in [1.54, 1.807) is 30.3 Å². The maximum atomic E-state index is 13.4. The van der Waals surface area contributed by atoms with E-state index in [0.29, 0.717) is 39.0 Å². The first kappa shape index (κ1) is 29.7. The van der Waals surface area contributed by atoms with Crippen LogP contribution in [0.4, 0.5) is 0 Å². The van der Waals surface area contributed by atoms with Crippen LogP contribution in [-0.2, 0) is 0 Å². The van der Waals surface area contributed by atoms with Crippen LogP contribution >= 0.6 is 27.5 Å². The molecule has 2 N–H and O–H groups in total. The number of carbonyl (C=O) groups is 2. The molecule has 1 amide bonds. The van der Waals surface area contributed by atoms with Crippen molar-refractivity contribution in [3.63, 3.8) is 0 Å². The van der Waals surface area contributed by atoms with Crippen LogP contribution in [0, 0.1) is 0 Å². The number of aromatic nitrogens is 1. The van der Waals surface area contributed by atoms with E-state index in [0.717, 1.165) is 15.4 Å². The van der Waals surface area contributed by atoms with Gasteiger partial charge in [0.25, 0.3) is 5.91 Å². The van der Waals surface area contributed by atoms with Crippen LogP contribution in [0.3, 0.4) is 0 Å². The zero-order chi connectivity index (χ0) is 30.5. The van der Waals surface area contributed by atoms with E-state index in [9.17, 15) is 9.59 Å². The molecular weight excluding hydrogens is 638 g/mol. The number of esters is 1. The average Bonchev–Trinajstić information content (AvgIpc) is 3.42. The molecule has 0 atom stereocenters. The smallest absolute Gasteiger partial charge is 0.343 e. The number of ether oxygens (including phenoxy) is 4. The van der Waals surface area contributed by atoms with Gasteiger partial charge in [0, 0.05) is 31.6 Å². The van der Waals surface area contributed by atoms with Gasteiger partial charge in [0.05, 0.1) is 38.6 Å². The Morgan fingerprint density at radius 2 is 1.58 bits per heavy atom. The van der Waals surface area contributed by atoms with Crippen LogP contribution in [0.25, 0.3) is 22.0 Å². The van der Waals surface area contributed by atoms with Gasteiger partial charge in [0.15, 0.2) is 11.5 Å². The summed E-state index contributed by atoms with van der Waals surface area (Å²) in [5.74, 6) is 0.0618. The largest absolute Gasteiger partial charge is 0.493 e.